The molecule has 0 amide bonds. The van der Waals surface area contributed by atoms with Crippen LogP contribution in [0.25, 0.3) is 0 Å². The fourth-order valence-corrected chi connectivity index (χ4v) is 2.07. The van der Waals surface area contributed by atoms with Crippen LogP contribution >= 0.6 is 27.5 Å². The summed E-state index contributed by atoms with van der Waals surface area (Å²) in [6, 6.07) is 9.81. The molecule has 2 rings (SSSR count). The fourth-order valence-electron chi connectivity index (χ4n) is 1.58. The molecule has 2 aromatic carbocycles. The van der Waals surface area contributed by atoms with Crippen molar-refractivity contribution in [1.82, 2.24) is 0 Å². The molecule has 0 fully saturated rings. The molecule has 0 unspecified atom stereocenters. The fraction of sp³-hybridized carbons (Fsp3) is 0.0769. The molecule has 0 saturated carbocycles. The number of hydrogen-bond acceptors (Lipinski definition) is 3. The Hall–Kier alpha value is -1.59. The van der Waals surface area contributed by atoms with Crippen LogP contribution in [-0.2, 0) is 0 Å². The summed E-state index contributed by atoms with van der Waals surface area (Å²) in [7, 11) is 0. The lowest BCUT2D eigenvalue weighted by molar-refractivity contribution is -0.385. The molecule has 0 N–H and O–H groups in total. The smallest absolute Gasteiger partial charge is 0.272 e. The van der Waals surface area contributed by atoms with Crippen molar-refractivity contribution in [1.29, 1.82) is 0 Å². The van der Waals surface area contributed by atoms with Crippen molar-refractivity contribution in [3.63, 3.8) is 0 Å². The van der Waals surface area contributed by atoms with E-state index in [9.17, 15) is 10.1 Å². The van der Waals surface area contributed by atoms with Crippen molar-refractivity contribution in [3.8, 4) is 11.5 Å². The number of nitro benzene ring substituents is 1. The van der Waals surface area contributed by atoms with E-state index < -0.39 is 4.92 Å². The molecule has 0 heterocycles. The minimum absolute atomic E-state index is 0.0627. The first-order valence-corrected chi connectivity index (χ1v) is 6.52. The second-order valence-corrected chi connectivity index (χ2v) is 5.21. The molecule has 2 aromatic rings. The Morgan fingerprint density at radius 2 is 2.00 bits per heavy atom. The predicted octanol–water partition coefficient (Wildman–Crippen LogP) is 5.11. The molecule has 0 saturated heterocycles. The van der Waals surface area contributed by atoms with Crippen LogP contribution in [0, 0.1) is 17.0 Å². The second kappa shape index (κ2) is 5.59. The Bertz CT molecular complexity index is 646. The quantitative estimate of drug-likeness (QED) is 0.575. The highest BCUT2D eigenvalue weighted by Gasteiger charge is 2.12. The minimum atomic E-state index is -0.425. The number of hydrogen-bond donors (Lipinski definition) is 0. The van der Waals surface area contributed by atoms with Gasteiger partial charge in [0.05, 0.1) is 9.95 Å². The summed E-state index contributed by atoms with van der Waals surface area (Å²) in [4.78, 5) is 10.3. The molecule has 0 aliphatic heterocycles. The van der Waals surface area contributed by atoms with Crippen LogP contribution in [-0.4, -0.2) is 4.92 Å². The van der Waals surface area contributed by atoms with Gasteiger partial charge in [-0.3, -0.25) is 10.1 Å². The molecule has 4 nitrogen and oxygen atoms in total. The molecule has 19 heavy (non-hydrogen) atoms. The van der Waals surface area contributed by atoms with E-state index in [1.807, 2.05) is 0 Å². The molecule has 0 atom stereocenters. The lowest BCUT2D eigenvalue weighted by Gasteiger charge is -2.08. The SMILES string of the molecule is Cc1cc(Oc2cc(Br)ccc2Cl)ccc1[N+](=O)[O-]. The molecule has 0 radical (unpaired) electrons. The third kappa shape index (κ3) is 3.24. The molecule has 0 aromatic heterocycles. The first kappa shape index (κ1) is 13.8. The van der Waals surface area contributed by atoms with Crippen molar-refractivity contribution >= 4 is 33.2 Å². The van der Waals surface area contributed by atoms with Gasteiger partial charge in [-0.1, -0.05) is 27.5 Å². The van der Waals surface area contributed by atoms with Crippen molar-refractivity contribution in [3.05, 3.63) is 61.6 Å². The summed E-state index contributed by atoms with van der Waals surface area (Å²) in [5.74, 6) is 0.993. The summed E-state index contributed by atoms with van der Waals surface area (Å²) in [6.45, 7) is 1.66. The Balaban J connectivity index is 2.31. The van der Waals surface area contributed by atoms with Gasteiger partial charge in [0.25, 0.3) is 5.69 Å². The maximum Gasteiger partial charge on any atom is 0.272 e. The molecular weight excluding hydrogens is 334 g/mol. The van der Waals surface area contributed by atoms with Gasteiger partial charge in [-0.05, 0) is 37.3 Å². The first-order valence-electron chi connectivity index (χ1n) is 5.35. The highest BCUT2D eigenvalue weighted by molar-refractivity contribution is 9.10. The van der Waals surface area contributed by atoms with Gasteiger partial charge in [0.2, 0.25) is 0 Å². The van der Waals surface area contributed by atoms with Gasteiger partial charge in [0.15, 0.2) is 0 Å². The maximum absolute atomic E-state index is 10.7. The third-order valence-corrected chi connectivity index (χ3v) is 3.29. The zero-order valence-corrected chi connectivity index (χ0v) is 12.2. The number of nitrogens with zero attached hydrogens (tertiary/aromatic N) is 1. The van der Waals surface area contributed by atoms with Crippen LogP contribution in [0.5, 0.6) is 11.5 Å². The van der Waals surface area contributed by atoms with E-state index in [0.717, 1.165) is 4.47 Å². The van der Waals surface area contributed by atoms with E-state index in [2.05, 4.69) is 15.9 Å². The number of halogens is 2. The molecule has 0 bridgehead atoms. The minimum Gasteiger partial charge on any atom is -0.456 e. The largest absolute Gasteiger partial charge is 0.456 e. The Labute approximate surface area is 123 Å². The number of benzene rings is 2. The van der Waals surface area contributed by atoms with Gasteiger partial charge < -0.3 is 4.74 Å². The summed E-state index contributed by atoms with van der Waals surface area (Å²) in [6.07, 6.45) is 0. The molecule has 6 heteroatoms. The van der Waals surface area contributed by atoms with Gasteiger partial charge >= 0.3 is 0 Å². The van der Waals surface area contributed by atoms with Crippen molar-refractivity contribution in [2.45, 2.75) is 6.92 Å². The number of nitro groups is 1. The van der Waals surface area contributed by atoms with Crippen molar-refractivity contribution < 1.29 is 9.66 Å². The van der Waals surface area contributed by atoms with Crippen LogP contribution in [0.4, 0.5) is 5.69 Å². The van der Waals surface area contributed by atoms with E-state index in [1.54, 1.807) is 37.3 Å². The Kier molecular flexibility index (Phi) is 4.07. The van der Waals surface area contributed by atoms with Gasteiger partial charge in [0, 0.05) is 16.1 Å². The van der Waals surface area contributed by atoms with Crippen LogP contribution < -0.4 is 4.74 Å². The molecule has 98 valence electrons. The Morgan fingerprint density at radius 3 is 2.63 bits per heavy atom. The van der Waals surface area contributed by atoms with Crippen LogP contribution in [0.2, 0.25) is 5.02 Å². The van der Waals surface area contributed by atoms with Crippen molar-refractivity contribution in [2.75, 3.05) is 0 Å². The third-order valence-electron chi connectivity index (χ3n) is 2.49. The van der Waals surface area contributed by atoms with E-state index in [-0.39, 0.29) is 5.69 Å². The van der Waals surface area contributed by atoms with Gasteiger partial charge in [0.1, 0.15) is 11.5 Å². The van der Waals surface area contributed by atoms with Gasteiger partial charge in [-0.25, -0.2) is 0 Å². The monoisotopic (exact) mass is 341 g/mol. The van der Waals surface area contributed by atoms with Crippen LogP contribution in [0.1, 0.15) is 5.56 Å². The van der Waals surface area contributed by atoms with E-state index in [1.165, 1.54) is 6.07 Å². The number of rotatable bonds is 3. The highest BCUT2D eigenvalue weighted by atomic mass is 79.9. The van der Waals surface area contributed by atoms with Crippen LogP contribution in [0.15, 0.2) is 40.9 Å². The predicted molar refractivity (Wildman–Crippen MR) is 77.1 cm³/mol. The van der Waals surface area contributed by atoms with Gasteiger partial charge in [-0.2, -0.15) is 0 Å². The average Bonchev–Trinajstić information content (AvgIpc) is 2.33. The topological polar surface area (TPSA) is 52.4 Å². The lowest BCUT2D eigenvalue weighted by Crippen LogP contribution is -1.92. The van der Waals surface area contributed by atoms with Crippen LogP contribution in [0.3, 0.4) is 0 Å². The molecule has 0 spiro atoms. The van der Waals surface area contributed by atoms with E-state index in [4.69, 9.17) is 16.3 Å². The second-order valence-electron chi connectivity index (χ2n) is 3.88. The number of ether oxygens (including phenoxy) is 1. The van der Waals surface area contributed by atoms with Gasteiger partial charge in [-0.15, -0.1) is 0 Å². The van der Waals surface area contributed by atoms with Crippen molar-refractivity contribution in [2.24, 2.45) is 0 Å². The molecule has 0 aliphatic carbocycles. The maximum atomic E-state index is 10.7. The first-order chi connectivity index (χ1) is 8.97. The average molecular weight is 343 g/mol. The Morgan fingerprint density at radius 1 is 1.26 bits per heavy atom. The van der Waals surface area contributed by atoms with E-state index >= 15 is 0 Å². The lowest BCUT2D eigenvalue weighted by atomic mass is 10.2. The summed E-state index contributed by atoms with van der Waals surface area (Å²) in [5.41, 5.74) is 0.598. The normalized spacial score (nSPS) is 10.3. The molecule has 0 aliphatic rings. The standard InChI is InChI=1S/C13H9BrClNO3/c1-8-6-10(3-5-12(8)16(17)18)19-13-7-9(14)2-4-11(13)15/h2-7H,1H3. The summed E-state index contributed by atoms with van der Waals surface area (Å²) in [5, 5.41) is 11.2. The molecular formula is C13H9BrClNO3. The zero-order chi connectivity index (χ0) is 14.0. The zero-order valence-electron chi connectivity index (χ0n) is 9.89. The number of aryl methyl sites for hydroxylation is 1. The highest BCUT2D eigenvalue weighted by Crippen LogP contribution is 2.33. The van der Waals surface area contributed by atoms with E-state index in [0.29, 0.717) is 22.1 Å². The summed E-state index contributed by atoms with van der Waals surface area (Å²) >= 11 is 9.34. The summed E-state index contributed by atoms with van der Waals surface area (Å²) < 4.78 is 6.46.